The van der Waals surface area contributed by atoms with Gasteiger partial charge in [0.15, 0.2) is 23.1 Å². The van der Waals surface area contributed by atoms with Crippen molar-refractivity contribution in [2.75, 3.05) is 10.6 Å². The second-order valence-corrected chi connectivity index (χ2v) is 6.87. The van der Waals surface area contributed by atoms with Crippen LogP contribution in [0, 0.1) is 17.5 Å². The maximum Gasteiger partial charge on any atom is 0.224 e. The fourth-order valence-corrected chi connectivity index (χ4v) is 2.85. The zero-order valence-electron chi connectivity index (χ0n) is 16.0. The highest BCUT2D eigenvalue weighted by Gasteiger charge is 2.22. The Hall–Kier alpha value is -3.37. The third kappa shape index (κ3) is 4.23. The maximum absolute atomic E-state index is 14.1. The van der Waals surface area contributed by atoms with Crippen LogP contribution >= 0.6 is 0 Å². The van der Waals surface area contributed by atoms with Gasteiger partial charge in [0.1, 0.15) is 5.52 Å². The lowest BCUT2D eigenvalue weighted by Gasteiger charge is -2.17. The van der Waals surface area contributed by atoms with E-state index in [0.29, 0.717) is 17.1 Å². The number of rotatable bonds is 7. The summed E-state index contributed by atoms with van der Waals surface area (Å²) in [5.41, 5.74) is 5.72. The Bertz CT molecular complexity index is 1070. The van der Waals surface area contributed by atoms with Gasteiger partial charge in [-0.25, -0.2) is 23.1 Å². The minimum Gasteiger partial charge on any atom is -0.370 e. The van der Waals surface area contributed by atoms with Crippen LogP contribution in [0.4, 0.5) is 30.8 Å². The van der Waals surface area contributed by atoms with Gasteiger partial charge in [0.2, 0.25) is 17.8 Å². The summed E-state index contributed by atoms with van der Waals surface area (Å²) >= 11 is 0. The lowest BCUT2D eigenvalue weighted by molar-refractivity contribution is -0.118. The quantitative estimate of drug-likeness (QED) is 0.519. The largest absolute Gasteiger partial charge is 0.370 e. The number of imidazole rings is 1. The standard InChI is InChI=1S/C18H20F3N7O/c1-8(2)24-17-23-7-12-16(27-17)28(9(3)6-13(22)29)18(26-12)25-11-5-4-10(19)14(20)15(11)21/h4-5,7-9H,6H2,1-3H3,(H2,22,29)(H,25,26)(H,23,24,27). The van der Waals surface area contributed by atoms with Crippen LogP contribution in [0.5, 0.6) is 0 Å². The number of benzene rings is 1. The summed E-state index contributed by atoms with van der Waals surface area (Å²) in [6.45, 7) is 5.54. The number of primary amides is 1. The first-order chi connectivity index (χ1) is 13.7. The normalized spacial score (nSPS) is 12.4. The summed E-state index contributed by atoms with van der Waals surface area (Å²) in [4.78, 5) is 24.3. The molecule has 3 rings (SSSR count). The highest BCUT2D eigenvalue weighted by Crippen LogP contribution is 2.29. The molecule has 0 spiro atoms. The number of halogens is 3. The van der Waals surface area contributed by atoms with Gasteiger partial charge < -0.3 is 16.4 Å². The number of hydrogen-bond donors (Lipinski definition) is 3. The molecule has 1 unspecified atom stereocenters. The van der Waals surface area contributed by atoms with Crippen molar-refractivity contribution in [1.29, 1.82) is 0 Å². The van der Waals surface area contributed by atoms with Crippen LogP contribution in [-0.4, -0.2) is 31.5 Å². The van der Waals surface area contributed by atoms with Crippen molar-refractivity contribution in [3.05, 3.63) is 35.8 Å². The van der Waals surface area contributed by atoms with E-state index < -0.39 is 29.4 Å². The minimum atomic E-state index is -1.61. The number of aromatic nitrogens is 4. The molecular formula is C18H20F3N7O. The number of nitrogens with zero attached hydrogens (tertiary/aromatic N) is 4. The molecule has 154 valence electrons. The fourth-order valence-electron chi connectivity index (χ4n) is 2.85. The summed E-state index contributed by atoms with van der Waals surface area (Å²) < 4.78 is 42.5. The summed E-state index contributed by atoms with van der Waals surface area (Å²) in [5, 5.41) is 5.70. The third-order valence-corrected chi connectivity index (χ3v) is 4.07. The van der Waals surface area contributed by atoms with Gasteiger partial charge in [-0.1, -0.05) is 0 Å². The number of carbonyl (C=O) groups is 1. The first kappa shape index (κ1) is 20.4. The van der Waals surface area contributed by atoms with E-state index in [4.69, 9.17) is 5.73 Å². The number of nitrogens with two attached hydrogens (primary N) is 1. The van der Waals surface area contributed by atoms with Crippen LogP contribution in [0.1, 0.15) is 33.2 Å². The summed E-state index contributed by atoms with van der Waals surface area (Å²) in [5.74, 6) is -4.44. The zero-order valence-corrected chi connectivity index (χ0v) is 16.0. The molecule has 4 N–H and O–H groups in total. The molecule has 2 heterocycles. The molecule has 0 bridgehead atoms. The van der Waals surface area contributed by atoms with Crippen molar-refractivity contribution in [3.8, 4) is 0 Å². The number of fused-ring (bicyclic) bond motifs is 1. The van der Waals surface area contributed by atoms with Gasteiger partial charge in [-0.3, -0.25) is 9.36 Å². The molecule has 2 aromatic heterocycles. The molecule has 29 heavy (non-hydrogen) atoms. The molecule has 0 aliphatic heterocycles. The summed E-state index contributed by atoms with van der Waals surface area (Å²) in [6, 6.07) is 1.41. The second kappa shape index (κ2) is 7.94. The van der Waals surface area contributed by atoms with Gasteiger partial charge >= 0.3 is 0 Å². The number of carbonyl (C=O) groups excluding carboxylic acids is 1. The Labute approximate surface area is 164 Å². The lowest BCUT2D eigenvalue weighted by atomic mass is 10.2. The first-order valence-electron chi connectivity index (χ1n) is 8.87. The highest BCUT2D eigenvalue weighted by molar-refractivity contribution is 5.78. The first-order valence-corrected chi connectivity index (χ1v) is 8.87. The van der Waals surface area contributed by atoms with Crippen molar-refractivity contribution < 1.29 is 18.0 Å². The number of hydrogen-bond acceptors (Lipinski definition) is 6. The molecule has 0 aliphatic carbocycles. The van der Waals surface area contributed by atoms with Gasteiger partial charge in [-0.2, -0.15) is 4.98 Å². The number of anilines is 3. The second-order valence-electron chi connectivity index (χ2n) is 6.87. The van der Waals surface area contributed by atoms with Crippen molar-refractivity contribution in [1.82, 2.24) is 19.5 Å². The molecule has 1 amide bonds. The van der Waals surface area contributed by atoms with Gasteiger partial charge in [0, 0.05) is 18.5 Å². The van der Waals surface area contributed by atoms with Crippen molar-refractivity contribution in [3.63, 3.8) is 0 Å². The Balaban J connectivity index is 2.12. The average Bonchev–Trinajstić information content (AvgIpc) is 2.98. The summed E-state index contributed by atoms with van der Waals surface area (Å²) in [7, 11) is 0. The van der Waals surface area contributed by atoms with E-state index in [1.165, 1.54) is 10.8 Å². The van der Waals surface area contributed by atoms with Gasteiger partial charge in [0.05, 0.1) is 11.9 Å². The van der Waals surface area contributed by atoms with Gasteiger partial charge in [0.25, 0.3) is 0 Å². The predicted octanol–water partition coefficient (Wildman–Crippen LogP) is 3.24. The van der Waals surface area contributed by atoms with Crippen LogP contribution in [-0.2, 0) is 4.79 Å². The highest BCUT2D eigenvalue weighted by atomic mass is 19.2. The SMILES string of the molecule is CC(C)Nc1ncc2nc(Nc3ccc(F)c(F)c3F)n(C(C)CC(N)=O)c2n1. The van der Waals surface area contributed by atoms with E-state index in [1.54, 1.807) is 6.92 Å². The van der Waals surface area contributed by atoms with Crippen LogP contribution in [0.3, 0.4) is 0 Å². The lowest BCUT2D eigenvalue weighted by Crippen LogP contribution is -2.19. The molecule has 8 nitrogen and oxygen atoms in total. The van der Waals surface area contributed by atoms with E-state index in [1.807, 2.05) is 13.8 Å². The molecule has 11 heteroatoms. The van der Waals surface area contributed by atoms with Gasteiger partial charge in [-0.05, 0) is 32.9 Å². The van der Waals surface area contributed by atoms with E-state index in [2.05, 4.69) is 25.6 Å². The Kier molecular flexibility index (Phi) is 5.57. The van der Waals surface area contributed by atoms with Gasteiger partial charge in [-0.15, -0.1) is 0 Å². The smallest absolute Gasteiger partial charge is 0.224 e. The van der Waals surface area contributed by atoms with Crippen LogP contribution in [0.15, 0.2) is 18.3 Å². The molecule has 1 atom stereocenters. The Morgan fingerprint density at radius 1 is 1.17 bits per heavy atom. The molecule has 0 aliphatic rings. The minimum absolute atomic E-state index is 0.0443. The summed E-state index contributed by atoms with van der Waals surface area (Å²) in [6.07, 6.45) is 1.42. The van der Waals surface area contributed by atoms with Crippen molar-refractivity contribution in [2.45, 2.75) is 39.3 Å². The average molecular weight is 407 g/mol. The third-order valence-electron chi connectivity index (χ3n) is 4.07. The monoisotopic (exact) mass is 407 g/mol. The molecule has 0 fully saturated rings. The molecule has 0 saturated carbocycles. The van der Waals surface area contributed by atoms with Crippen LogP contribution < -0.4 is 16.4 Å². The molecule has 0 radical (unpaired) electrons. The van der Waals surface area contributed by atoms with Crippen molar-refractivity contribution >= 4 is 34.7 Å². The Morgan fingerprint density at radius 2 is 1.90 bits per heavy atom. The topological polar surface area (TPSA) is 111 Å². The van der Waals surface area contributed by atoms with Crippen LogP contribution in [0.2, 0.25) is 0 Å². The van der Waals surface area contributed by atoms with E-state index >= 15 is 0 Å². The van der Waals surface area contributed by atoms with Crippen LogP contribution in [0.25, 0.3) is 11.2 Å². The number of amides is 1. The van der Waals surface area contributed by atoms with E-state index in [0.717, 1.165) is 12.1 Å². The molecule has 1 aromatic carbocycles. The predicted molar refractivity (Wildman–Crippen MR) is 102 cm³/mol. The fraction of sp³-hybridized carbons (Fsp3) is 0.333. The number of nitrogens with one attached hydrogen (secondary N) is 2. The van der Waals surface area contributed by atoms with Crippen molar-refractivity contribution in [2.24, 2.45) is 5.73 Å². The molecule has 0 saturated heterocycles. The maximum atomic E-state index is 14.1. The van der Waals surface area contributed by atoms with E-state index in [-0.39, 0.29) is 24.1 Å². The zero-order chi connectivity index (χ0) is 21.3. The molecule has 3 aromatic rings. The Morgan fingerprint density at radius 3 is 2.55 bits per heavy atom. The van der Waals surface area contributed by atoms with E-state index in [9.17, 15) is 18.0 Å². The molecular weight excluding hydrogens is 387 g/mol.